The number of anilines is 1. The van der Waals surface area contributed by atoms with E-state index in [0.29, 0.717) is 28.7 Å². The molecule has 0 saturated heterocycles. The monoisotopic (exact) mass is 334 g/mol. The first kappa shape index (κ1) is 15.8. The van der Waals surface area contributed by atoms with Gasteiger partial charge in [-0.25, -0.2) is 9.97 Å². The van der Waals surface area contributed by atoms with Crippen LogP contribution in [-0.4, -0.2) is 20.6 Å². The molecule has 2 heterocycles. The number of aryl methyl sites for hydroxylation is 1. The Morgan fingerprint density at radius 2 is 1.92 bits per heavy atom. The maximum absolute atomic E-state index is 12.6. The smallest absolute Gasteiger partial charge is 0.264 e. The molecule has 1 aliphatic rings. The van der Waals surface area contributed by atoms with Crippen molar-refractivity contribution in [3.8, 4) is 11.3 Å². The second-order valence-electron chi connectivity index (χ2n) is 7.11. The maximum Gasteiger partial charge on any atom is 0.264 e. The summed E-state index contributed by atoms with van der Waals surface area (Å²) in [5, 5.41) is 3.97. The van der Waals surface area contributed by atoms with E-state index in [0.717, 1.165) is 24.1 Å². The Hall–Kier alpha value is -2.69. The van der Waals surface area contributed by atoms with Gasteiger partial charge >= 0.3 is 0 Å². The van der Waals surface area contributed by atoms with Gasteiger partial charge in [0, 0.05) is 18.7 Å². The van der Waals surface area contributed by atoms with E-state index in [1.165, 1.54) is 10.1 Å². The van der Waals surface area contributed by atoms with Crippen LogP contribution in [0.2, 0.25) is 0 Å². The molecule has 0 bridgehead atoms. The third-order valence-corrected chi connectivity index (χ3v) is 4.69. The Kier molecular flexibility index (Phi) is 3.79. The summed E-state index contributed by atoms with van der Waals surface area (Å²) in [6.07, 6.45) is 3.81. The zero-order valence-corrected chi connectivity index (χ0v) is 14.8. The van der Waals surface area contributed by atoms with Gasteiger partial charge in [0.15, 0.2) is 0 Å². The first-order chi connectivity index (χ1) is 12.0. The van der Waals surface area contributed by atoms with Crippen LogP contribution in [0.5, 0.6) is 0 Å². The SMILES string of the molecule is CC(C)c1ccc(-c2cc3ncn(C)c(=O)c3c(NC3CC3)n2)cc1. The van der Waals surface area contributed by atoms with Crippen LogP contribution in [0, 0.1) is 0 Å². The minimum atomic E-state index is -0.0673. The van der Waals surface area contributed by atoms with Crippen LogP contribution in [0.15, 0.2) is 41.5 Å². The average molecular weight is 334 g/mol. The molecule has 0 aliphatic heterocycles. The van der Waals surface area contributed by atoms with E-state index >= 15 is 0 Å². The number of pyridine rings is 1. The van der Waals surface area contributed by atoms with Crippen LogP contribution in [0.3, 0.4) is 0 Å². The van der Waals surface area contributed by atoms with E-state index < -0.39 is 0 Å². The van der Waals surface area contributed by atoms with Gasteiger partial charge in [0.1, 0.15) is 11.2 Å². The summed E-state index contributed by atoms with van der Waals surface area (Å²) in [6.45, 7) is 4.36. The minimum Gasteiger partial charge on any atom is -0.367 e. The molecule has 1 saturated carbocycles. The number of nitrogens with zero attached hydrogens (tertiary/aromatic N) is 3. The molecule has 1 aliphatic carbocycles. The van der Waals surface area contributed by atoms with Gasteiger partial charge in [-0.15, -0.1) is 0 Å². The van der Waals surface area contributed by atoms with Crippen molar-refractivity contribution in [1.82, 2.24) is 14.5 Å². The molecule has 128 valence electrons. The molecule has 3 aromatic rings. The molecule has 5 heteroatoms. The van der Waals surface area contributed by atoms with Crippen molar-refractivity contribution < 1.29 is 0 Å². The van der Waals surface area contributed by atoms with E-state index in [1.54, 1.807) is 13.4 Å². The highest BCUT2D eigenvalue weighted by Crippen LogP contribution is 2.30. The second kappa shape index (κ2) is 5.99. The highest BCUT2D eigenvalue weighted by Gasteiger charge is 2.24. The molecule has 0 atom stereocenters. The minimum absolute atomic E-state index is 0.0673. The molecule has 5 nitrogen and oxygen atoms in total. The van der Waals surface area contributed by atoms with Gasteiger partial charge < -0.3 is 9.88 Å². The lowest BCUT2D eigenvalue weighted by atomic mass is 10.0. The van der Waals surface area contributed by atoms with E-state index in [1.807, 2.05) is 6.07 Å². The summed E-state index contributed by atoms with van der Waals surface area (Å²) in [6, 6.07) is 10.8. The molecule has 1 aromatic carbocycles. The van der Waals surface area contributed by atoms with Gasteiger partial charge in [-0.05, 0) is 30.4 Å². The third kappa shape index (κ3) is 3.02. The number of aromatic nitrogens is 3. The van der Waals surface area contributed by atoms with Crippen molar-refractivity contribution in [3.63, 3.8) is 0 Å². The zero-order chi connectivity index (χ0) is 17.6. The van der Waals surface area contributed by atoms with Crippen molar-refractivity contribution in [2.24, 2.45) is 7.05 Å². The number of fused-ring (bicyclic) bond motifs is 1. The van der Waals surface area contributed by atoms with Gasteiger partial charge in [0.25, 0.3) is 5.56 Å². The first-order valence-corrected chi connectivity index (χ1v) is 8.76. The van der Waals surface area contributed by atoms with Crippen LogP contribution in [-0.2, 0) is 7.05 Å². The van der Waals surface area contributed by atoms with Crippen LogP contribution in [0.4, 0.5) is 5.82 Å². The predicted octanol–water partition coefficient (Wildman–Crippen LogP) is 3.69. The lowest BCUT2D eigenvalue weighted by Crippen LogP contribution is -2.19. The summed E-state index contributed by atoms with van der Waals surface area (Å²) in [7, 11) is 1.72. The fourth-order valence-electron chi connectivity index (χ4n) is 2.93. The first-order valence-electron chi connectivity index (χ1n) is 8.76. The molecule has 4 rings (SSSR count). The molecule has 1 N–H and O–H groups in total. The topological polar surface area (TPSA) is 59.8 Å². The highest BCUT2D eigenvalue weighted by molar-refractivity contribution is 5.91. The molecule has 0 radical (unpaired) electrons. The summed E-state index contributed by atoms with van der Waals surface area (Å²) >= 11 is 0. The Balaban J connectivity index is 1.87. The molecule has 2 aromatic heterocycles. The molecule has 0 spiro atoms. The normalized spacial score (nSPS) is 14.2. The lowest BCUT2D eigenvalue weighted by molar-refractivity contribution is 0.842. The van der Waals surface area contributed by atoms with Crippen LogP contribution in [0.1, 0.15) is 38.2 Å². The molecule has 25 heavy (non-hydrogen) atoms. The van der Waals surface area contributed by atoms with E-state index in [2.05, 4.69) is 48.4 Å². The summed E-state index contributed by atoms with van der Waals surface area (Å²) < 4.78 is 1.50. The second-order valence-corrected chi connectivity index (χ2v) is 7.11. The Bertz CT molecular complexity index is 985. The summed E-state index contributed by atoms with van der Waals surface area (Å²) in [5.74, 6) is 1.15. The average Bonchev–Trinajstić information content (AvgIpc) is 3.42. The fraction of sp³-hybridized carbons (Fsp3) is 0.350. The number of hydrogen-bond donors (Lipinski definition) is 1. The van der Waals surface area contributed by atoms with Crippen molar-refractivity contribution in [3.05, 3.63) is 52.6 Å². The fourth-order valence-corrected chi connectivity index (χ4v) is 2.93. The van der Waals surface area contributed by atoms with Gasteiger partial charge in [-0.1, -0.05) is 38.1 Å². The largest absolute Gasteiger partial charge is 0.367 e. The van der Waals surface area contributed by atoms with Gasteiger partial charge in [-0.3, -0.25) is 4.79 Å². The molecular weight excluding hydrogens is 312 g/mol. The van der Waals surface area contributed by atoms with Crippen LogP contribution >= 0.6 is 0 Å². The van der Waals surface area contributed by atoms with Crippen molar-refractivity contribution >= 4 is 16.7 Å². The number of rotatable bonds is 4. The molecule has 1 fully saturated rings. The quantitative estimate of drug-likeness (QED) is 0.790. The summed E-state index contributed by atoms with van der Waals surface area (Å²) in [4.78, 5) is 21.8. The van der Waals surface area contributed by atoms with Crippen molar-refractivity contribution in [2.75, 3.05) is 5.32 Å². The summed E-state index contributed by atoms with van der Waals surface area (Å²) in [5.41, 5.74) is 3.79. The number of nitrogens with one attached hydrogen (secondary N) is 1. The van der Waals surface area contributed by atoms with Gasteiger partial charge in [0.2, 0.25) is 0 Å². The lowest BCUT2D eigenvalue weighted by Gasteiger charge is -2.12. The van der Waals surface area contributed by atoms with Crippen molar-refractivity contribution in [2.45, 2.75) is 38.6 Å². The van der Waals surface area contributed by atoms with Gasteiger partial charge in [-0.2, -0.15) is 0 Å². The standard InChI is InChI=1S/C20H22N4O/c1-12(2)13-4-6-14(7-5-13)16-10-17-18(20(25)24(3)11-21-17)19(23-16)22-15-8-9-15/h4-7,10-12,15H,8-9H2,1-3H3,(H,22,23). The number of benzene rings is 1. The van der Waals surface area contributed by atoms with Crippen molar-refractivity contribution in [1.29, 1.82) is 0 Å². The van der Waals surface area contributed by atoms with E-state index in [9.17, 15) is 4.79 Å². The van der Waals surface area contributed by atoms with E-state index in [-0.39, 0.29) is 5.56 Å². The predicted molar refractivity (Wildman–Crippen MR) is 101 cm³/mol. The molecule has 0 amide bonds. The Morgan fingerprint density at radius 1 is 1.20 bits per heavy atom. The highest BCUT2D eigenvalue weighted by atomic mass is 16.1. The maximum atomic E-state index is 12.6. The Morgan fingerprint density at radius 3 is 2.56 bits per heavy atom. The Labute approximate surface area is 146 Å². The molecule has 0 unspecified atom stereocenters. The van der Waals surface area contributed by atoms with Crippen LogP contribution < -0.4 is 10.9 Å². The number of hydrogen-bond acceptors (Lipinski definition) is 4. The van der Waals surface area contributed by atoms with Gasteiger partial charge in [0.05, 0.1) is 17.5 Å². The zero-order valence-electron chi connectivity index (χ0n) is 14.8. The molecular formula is C20H22N4O. The van der Waals surface area contributed by atoms with Crippen LogP contribution in [0.25, 0.3) is 22.2 Å². The van der Waals surface area contributed by atoms with E-state index in [4.69, 9.17) is 4.98 Å². The third-order valence-electron chi connectivity index (χ3n) is 4.69.